The molecule has 0 aliphatic rings. The number of para-hydroxylation sites is 2. The summed E-state index contributed by atoms with van der Waals surface area (Å²) in [6.45, 7) is 11.0. The molecule has 0 aromatic heterocycles. The average molecular weight is 542 g/mol. The maximum atomic E-state index is 12.2. The third kappa shape index (κ3) is 8.80. The van der Waals surface area contributed by atoms with Gasteiger partial charge in [0.05, 0.1) is 0 Å². The second-order valence-corrected chi connectivity index (χ2v) is 14.6. The second kappa shape index (κ2) is 10.4. The Morgan fingerprint density at radius 1 is 0.667 bits per heavy atom. The van der Waals surface area contributed by atoms with Crippen molar-refractivity contribution in [2.45, 2.75) is 52.7 Å². The Labute approximate surface area is 189 Å². The standard InChI is InChI=1S/C22H28N2O4Se2/c1-21(2,3)27-19(25)23-15-11-7-9-13-17(15)29-30-18-14-10-8-12-16(18)24-20(26)28-22(4,5)6/h7-14H,1-6H3,(H,23,25)(H,24,26). The number of hydrogen-bond acceptors (Lipinski definition) is 4. The van der Waals surface area contributed by atoms with Crippen LogP contribution in [0.2, 0.25) is 0 Å². The Morgan fingerprint density at radius 2 is 1.00 bits per heavy atom. The van der Waals surface area contributed by atoms with Gasteiger partial charge in [-0.15, -0.1) is 0 Å². The van der Waals surface area contributed by atoms with Crippen molar-refractivity contribution in [1.82, 2.24) is 0 Å². The van der Waals surface area contributed by atoms with Crippen LogP contribution in [-0.2, 0) is 9.47 Å². The number of hydrogen-bond donors (Lipinski definition) is 2. The molecule has 0 unspecified atom stereocenters. The Kier molecular flexibility index (Phi) is 8.39. The predicted octanol–water partition coefficient (Wildman–Crippen LogP) is 3.65. The summed E-state index contributed by atoms with van der Waals surface area (Å²) < 4.78 is 12.9. The summed E-state index contributed by atoms with van der Waals surface area (Å²) in [6.07, 6.45) is -0.935. The van der Waals surface area contributed by atoms with Crippen LogP contribution in [0.4, 0.5) is 21.0 Å². The molecular weight excluding hydrogens is 514 g/mol. The van der Waals surface area contributed by atoms with Gasteiger partial charge in [0, 0.05) is 0 Å². The zero-order chi connectivity index (χ0) is 22.4. The number of ether oxygens (including phenoxy) is 2. The van der Waals surface area contributed by atoms with Crippen LogP contribution in [-0.4, -0.2) is 49.7 Å². The number of nitrogens with one attached hydrogen (secondary N) is 2. The second-order valence-electron chi connectivity index (χ2n) is 8.41. The molecule has 0 aliphatic carbocycles. The zero-order valence-corrected chi connectivity index (χ0v) is 21.5. The van der Waals surface area contributed by atoms with E-state index in [-0.39, 0.29) is 26.3 Å². The molecule has 0 fully saturated rings. The van der Waals surface area contributed by atoms with Gasteiger partial charge in [0.1, 0.15) is 0 Å². The average Bonchev–Trinajstić information content (AvgIpc) is 2.58. The van der Waals surface area contributed by atoms with Crippen molar-refractivity contribution in [3.8, 4) is 0 Å². The van der Waals surface area contributed by atoms with Crippen molar-refractivity contribution in [2.24, 2.45) is 0 Å². The topological polar surface area (TPSA) is 76.7 Å². The third-order valence-electron chi connectivity index (χ3n) is 3.27. The molecule has 2 aromatic carbocycles. The van der Waals surface area contributed by atoms with E-state index in [4.69, 9.17) is 9.47 Å². The van der Waals surface area contributed by atoms with Crippen LogP contribution in [0.15, 0.2) is 48.5 Å². The molecule has 2 rings (SSSR count). The van der Waals surface area contributed by atoms with E-state index in [2.05, 4.69) is 10.6 Å². The number of rotatable bonds is 5. The normalized spacial score (nSPS) is 11.5. The predicted molar refractivity (Wildman–Crippen MR) is 123 cm³/mol. The van der Waals surface area contributed by atoms with Crippen LogP contribution in [0.3, 0.4) is 0 Å². The monoisotopic (exact) mass is 544 g/mol. The van der Waals surface area contributed by atoms with Crippen molar-refractivity contribution < 1.29 is 19.1 Å². The molecule has 2 amide bonds. The summed E-state index contributed by atoms with van der Waals surface area (Å²) in [5, 5.41) is 5.70. The first-order chi connectivity index (χ1) is 13.9. The molecule has 30 heavy (non-hydrogen) atoms. The van der Waals surface area contributed by atoms with Crippen LogP contribution in [0.25, 0.3) is 0 Å². The summed E-state index contributed by atoms with van der Waals surface area (Å²) in [7, 11) is 0. The van der Waals surface area contributed by atoms with Gasteiger partial charge in [-0.3, -0.25) is 0 Å². The van der Waals surface area contributed by atoms with E-state index in [9.17, 15) is 9.59 Å². The van der Waals surface area contributed by atoms with Gasteiger partial charge in [0.2, 0.25) is 0 Å². The van der Waals surface area contributed by atoms with Crippen molar-refractivity contribution in [3.05, 3.63) is 48.5 Å². The van der Waals surface area contributed by atoms with E-state index in [1.807, 2.05) is 90.1 Å². The van der Waals surface area contributed by atoms with Gasteiger partial charge in [-0.05, 0) is 0 Å². The minimum absolute atomic E-state index is 0.0876. The Morgan fingerprint density at radius 3 is 1.33 bits per heavy atom. The molecule has 0 atom stereocenters. The third-order valence-corrected chi connectivity index (χ3v) is 10.5. The summed E-state index contributed by atoms with van der Waals surface area (Å²) >= 11 is 0.175. The molecule has 8 heteroatoms. The van der Waals surface area contributed by atoms with Crippen LogP contribution in [0, 0.1) is 0 Å². The van der Waals surface area contributed by atoms with E-state index in [0.29, 0.717) is 0 Å². The molecule has 0 bridgehead atoms. The Bertz CT molecular complexity index is 816. The maximum absolute atomic E-state index is 12.2. The molecule has 162 valence electrons. The van der Waals surface area contributed by atoms with Gasteiger partial charge in [-0.25, -0.2) is 0 Å². The zero-order valence-electron chi connectivity index (χ0n) is 18.1. The number of amides is 2. The van der Waals surface area contributed by atoms with Gasteiger partial charge >= 0.3 is 190 Å². The van der Waals surface area contributed by atoms with Gasteiger partial charge in [0.15, 0.2) is 0 Å². The van der Waals surface area contributed by atoms with E-state index in [0.717, 1.165) is 20.3 Å². The molecular formula is C22H28N2O4Se2. The molecule has 0 spiro atoms. The van der Waals surface area contributed by atoms with E-state index < -0.39 is 23.4 Å². The van der Waals surface area contributed by atoms with Crippen molar-refractivity contribution in [2.75, 3.05) is 10.6 Å². The molecule has 6 nitrogen and oxygen atoms in total. The fourth-order valence-corrected chi connectivity index (χ4v) is 9.14. The summed E-state index contributed by atoms with van der Waals surface area (Å²) in [4.78, 5) is 24.3. The fraction of sp³-hybridized carbons (Fsp3) is 0.364. The van der Waals surface area contributed by atoms with Gasteiger partial charge in [-0.2, -0.15) is 0 Å². The quantitative estimate of drug-likeness (QED) is 0.566. The Hall–Kier alpha value is -1.98. The molecule has 0 radical (unpaired) electrons. The first kappa shape index (κ1) is 24.3. The van der Waals surface area contributed by atoms with Crippen LogP contribution in [0.5, 0.6) is 0 Å². The van der Waals surface area contributed by atoms with Gasteiger partial charge in [0.25, 0.3) is 0 Å². The molecule has 0 saturated carbocycles. The molecule has 0 heterocycles. The van der Waals surface area contributed by atoms with E-state index in [1.54, 1.807) is 0 Å². The fourth-order valence-electron chi connectivity index (χ4n) is 2.20. The van der Waals surface area contributed by atoms with Gasteiger partial charge in [-0.1, -0.05) is 0 Å². The SMILES string of the molecule is CC(C)(C)OC(=O)Nc1ccccc1[Se][Se]c1ccccc1NC(=O)OC(C)(C)C. The van der Waals surface area contributed by atoms with Crippen LogP contribution < -0.4 is 19.6 Å². The first-order valence-corrected chi connectivity index (χ1v) is 15.5. The molecule has 0 aliphatic heterocycles. The summed E-state index contributed by atoms with van der Waals surface area (Å²) in [5.41, 5.74) is 0.401. The van der Waals surface area contributed by atoms with Crippen LogP contribution >= 0.6 is 0 Å². The first-order valence-electron chi connectivity index (χ1n) is 9.45. The van der Waals surface area contributed by atoms with Gasteiger partial charge < -0.3 is 0 Å². The van der Waals surface area contributed by atoms with Crippen molar-refractivity contribution in [1.29, 1.82) is 0 Å². The summed E-state index contributed by atoms with van der Waals surface area (Å²) in [5.74, 6) is 0. The molecule has 2 N–H and O–H groups in total. The van der Waals surface area contributed by atoms with E-state index in [1.165, 1.54) is 0 Å². The van der Waals surface area contributed by atoms with Crippen molar-refractivity contribution >= 4 is 58.7 Å². The minimum atomic E-state index is -0.555. The summed E-state index contributed by atoms with van der Waals surface area (Å²) in [6, 6.07) is 15.5. The number of benzene rings is 2. The molecule has 0 saturated heterocycles. The molecule has 2 aromatic rings. The van der Waals surface area contributed by atoms with E-state index >= 15 is 0 Å². The number of carbonyl (C=O) groups is 2. The van der Waals surface area contributed by atoms with Crippen LogP contribution in [0.1, 0.15) is 41.5 Å². The Balaban J connectivity index is 2.08. The van der Waals surface area contributed by atoms with Crippen molar-refractivity contribution in [3.63, 3.8) is 0 Å². The number of carbonyl (C=O) groups excluding carboxylic acids is 2. The number of anilines is 2.